The highest BCUT2D eigenvalue weighted by atomic mass is 32.2. The van der Waals surface area contributed by atoms with Gasteiger partial charge in [0.25, 0.3) is 5.91 Å². The maximum Gasteiger partial charge on any atom is 0.256 e. The summed E-state index contributed by atoms with van der Waals surface area (Å²) in [6, 6.07) is 18.3. The van der Waals surface area contributed by atoms with Gasteiger partial charge in [0.15, 0.2) is 9.84 Å². The van der Waals surface area contributed by atoms with Crippen LogP contribution in [0.2, 0.25) is 0 Å². The summed E-state index contributed by atoms with van der Waals surface area (Å²) >= 11 is 1.57. The number of thioether (sulfide) groups is 1. The van der Waals surface area contributed by atoms with Crippen molar-refractivity contribution in [2.45, 2.75) is 42.9 Å². The van der Waals surface area contributed by atoms with Gasteiger partial charge in [0.2, 0.25) is 0 Å². The van der Waals surface area contributed by atoms with Gasteiger partial charge in [-0.25, -0.2) is 8.42 Å². The van der Waals surface area contributed by atoms with E-state index in [-0.39, 0.29) is 16.6 Å². The second-order valence-corrected chi connectivity index (χ2v) is 11.7. The molecule has 1 N–H and O–H groups in total. The molecule has 4 rings (SSSR count). The van der Waals surface area contributed by atoms with Gasteiger partial charge in [-0.1, -0.05) is 31.2 Å². The Morgan fingerprint density at radius 1 is 1.03 bits per heavy atom. The lowest BCUT2D eigenvalue weighted by Gasteiger charge is -2.15. The first kappa shape index (κ1) is 25.9. The van der Waals surface area contributed by atoms with Gasteiger partial charge in [-0.15, -0.1) is 11.8 Å². The van der Waals surface area contributed by atoms with Gasteiger partial charge in [0.1, 0.15) is 0 Å². The van der Waals surface area contributed by atoms with E-state index >= 15 is 0 Å². The summed E-state index contributed by atoms with van der Waals surface area (Å²) in [7, 11) is -3.38. The Balaban J connectivity index is 1.71. The topological polar surface area (TPSA) is 75.6 Å². The minimum absolute atomic E-state index is 0.0882. The number of aliphatic imine (C=N–C) groups is 1. The average molecular weight is 519 g/mol. The summed E-state index contributed by atoms with van der Waals surface area (Å²) in [6.45, 7) is 3.88. The molecule has 0 spiro atoms. The van der Waals surface area contributed by atoms with Crippen LogP contribution >= 0.6 is 11.8 Å². The molecule has 0 saturated carbocycles. The van der Waals surface area contributed by atoms with Crippen LogP contribution in [0.3, 0.4) is 0 Å². The fourth-order valence-corrected chi connectivity index (χ4v) is 6.00. The molecule has 0 fully saturated rings. The zero-order valence-corrected chi connectivity index (χ0v) is 22.4. The summed E-state index contributed by atoms with van der Waals surface area (Å²) in [5.41, 5.74) is 5.56. The maximum atomic E-state index is 13.5. The van der Waals surface area contributed by atoms with Gasteiger partial charge >= 0.3 is 0 Å². The molecule has 0 radical (unpaired) electrons. The number of aryl methyl sites for hydroxylation is 1. The standard InChI is InChI=1S/C29H30N2O3S2/c1-4-16-36(33,34)24-9-7-8-21(17-24)27-19-23(35-3)13-14-25(27)29(32)31-22-12-11-20(2)26(18-22)28-10-5-6-15-30-28/h7-15,17-19H,4-6,16H2,1-3H3,(H,31,32). The molecule has 0 unspecified atom stereocenters. The number of anilines is 1. The first-order valence-electron chi connectivity index (χ1n) is 12.0. The summed E-state index contributed by atoms with van der Waals surface area (Å²) in [4.78, 5) is 19.3. The molecule has 3 aromatic carbocycles. The Morgan fingerprint density at radius 2 is 1.86 bits per heavy atom. The van der Waals surface area contributed by atoms with Crippen LogP contribution in [0.4, 0.5) is 5.69 Å². The largest absolute Gasteiger partial charge is 0.322 e. The zero-order valence-electron chi connectivity index (χ0n) is 20.7. The third-order valence-corrected chi connectivity index (χ3v) is 8.73. The molecule has 36 heavy (non-hydrogen) atoms. The molecule has 186 valence electrons. The van der Waals surface area contributed by atoms with Gasteiger partial charge in [0, 0.05) is 27.9 Å². The molecule has 1 aliphatic heterocycles. The number of amides is 1. The van der Waals surface area contributed by atoms with E-state index in [1.807, 2.05) is 62.7 Å². The van der Waals surface area contributed by atoms with Crippen molar-refractivity contribution in [2.24, 2.45) is 4.99 Å². The molecular weight excluding hydrogens is 488 g/mol. The number of sulfone groups is 1. The van der Waals surface area contributed by atoms with E-state index in [9.17, 15) is 13.2 Å². The zero-order chi connectivity index (χ0) is 25.7. The van der Waals surface area contributed by atoms with E-state index in [2.05, 4.69) is 16.4 Å². The lowest BCUT2D eigenvalue weighted by molar-refractivity contribution is 0.102. The van der Waals surface area contributed by atoms with Crippen molar-refractivity contribution in [2.75, 3.05) is 17.3 Å². The summed E-state index contributed by atoms with van der Waals surface area (Å²) in [6.07, 6.45) is 8.45. The Bertz CT molecular complexity index is 1460. The van der Waals surface area contributed by atoms with Gasteiger partial charge in [-0.05, 0) is 91.6 Å². The molecule has 1 heterocycles. The molecule has 0 atom stereocenters. The molecule has 5 nitrogen and oxygen atoms in total. The molecule has 1 aliphatic rings. The quantitative estimate of drug-likeness (QED) is 0.325. The molecule has 0 aromatic heterocycles. The van der Waals surface area contributed by atoms with Crippen LogP contribution in [0.1, 0.15) is 47.7 Å². The lowest BCUT2D eigenvalue weighted by Crippen LogP contribution is -2.14. The molecule has 3 aromatic rings. The normalized spacial score (nSPS) is 13.4. The van der Waals surface area contributed by atoms with Gasteiger partial charge < -0.3 is 5.32 Å². The number of nitrogens with one attached hydrogen (secondary N) is 1. The van der Waals surface area contributed by atoms with Crippen molar-refractivity contribution in [3.05, 3.63) is 83.4 Å². The van der Waals surface area contributed by atoms with E-state index in [0.29, 0.717) is 28.8 Å². The highest BCUT2D eigenvalue weighted by Gasteiger charge is 2.18. The molecule has 0 aliphatic carbocycles. The number of hydrogen-bond donors (Lipinski definition) is 1. The summed E-state index contributed by atoms with van der Waals surface area (Å²) < 4.78 is 25.4. The fraction of sp³-hybridized carbons (Fsp3) is 0.241. The number of benzene rings is 3. The average Bonchev–Trinajstić information content (AvgIpc) is 2.90. The van der Waals surface area contributed by atoms with Crippen molar-refractivity contribution in [3.8, 4) is 11.1 Å². The number of carbonyl (C=O) groups is 1. The SMILES string of the molecule is CCCS(=O)(=O)c1cccc(-c2cc(SC)ccc2C(=O)Nc2ccc(C)c(C3=CCCC=N3)c2)c1. The third kappa shape index (κ3) is 5.79. The van der Waals surface area contributed by atoms with E-state index in [1.165, 1.54) is 0 Å². The van der Waals surface area contributed by atoms with Crippen LogP contribution in [-0.2, 0) is 9.84 Å². The predicted molar refractivity (Wildman–Crippen MR) is 151 cm³/mol. The van der Waals surface area contributed by atoms with Crippen LogP contribution in [-0.4, -0.2) is 32.5 Å². The second-order valence-electron chi connectivity index (χ2n) is 8.72. The van der Waals surface area contributed by atoms with Crippen LogP contribution in [0.25, 0.3) is 16.8 Å². The molecular formula is C29H30N2O3S2. The molecule has 7 heteroatoms. The minimum Gasteiger partial charge on any atom is -0.322 e. The van der Waals surface area contributed by atoms with Gasteiger partial charge in [-0.2, -0.15) is 0 Å². The Kier molecular flexibility index (Phi) is 8.11. The highest BCUT2D eigenvalue weighted by Crippen LogP contribution is 2.32. The van der Waals surface area contributed by atoms with Crippen molar-refractivity contribution in [1.82, 2.24) is 0 Å². The van der Waals surface area contributed by atoms with Crippen molar-refractivity contribution < 1.29 is 13.2 Å². The Morgan fingerprint density at radius 3 is 2.58 bits per heavy atom. The van der Waals surface area contributed by atoms with E-state index in [4.69, 9.17) is 0 Å². The molecule has 0 saturated heterocycles. The number of hydrogen-bond acceptors (Lipinski definition) is 5. The van der Waals surface area contributed by atoms with Gasteiger partial charge in [-0.3, -0.25) is 9.79 Å². The number of nitrogens with zero attached hydrogens (tertiary/aromatic N) is 1. The van der Waals surface area contributed by atoms with Crippen LogP contribution in [0, 0.1) is 6.92 Å². The van der Waals surface area contributed by atoms with Crippen molar-refractivity contribution in [3.63, 3.8) is 0 Å². The van der Waals surface area contributed by atoms with Crippen molar-refractivity contribution in [1.29, 1.82) is 0 Å². The van der Waals surface area contributed by atoms with Crippen molar-refractivity contribution >= 4 is 45.1 Å². The first-order valence-corrected chi connectivity index (χ1v) is 14.9. The lowest BCUT2D eigenvalue weighted by atomic mass is 9.98. The smallest absolute Gasteiger partial charge is 0.256 e. The molecule has 0 bridgehead atoms. The molecule has 1 amide bonds. The third-order valence-electron chi connectivity index (χ3n) is 6.08. The van der Waals surface area contributed by atoms with Crippen LogP contribution < -0.4 is 5.32 Å². The van der Waals surface area contributed by atoms with E-state index in [1.54, 1.807) is 36.0 Å². The number of allylic oxidation sites excluding steroid dienone is 1. The Labute approximate surface area is 217 Å². The maximum absolute atomic E-state index is 13.5. The highest BCUT2D eigenvalue weighted by molar-refractivity contribution is 7.98. The van der Waals surface area contributed by atoms with E-state index < -0.39 is 9.84 Å². The monoisotopic (exact) mass is 518 g/mol. The number of carbonyl (C=O) groups excluding carboxylic acids is 1. The predicted octanol–water partition coefficient (Wildman–Crippen LogP) is 7.03. The first-order chi connectivity index (χ1) is 17.3. The fourth-order valence-electron chi connectivity index (χ4n) is 4.19. The summed E-state index contributed by atoms with van der Waals surface area (Å²) in [5.74, 6) is -0.166. The second kappa shape index (κ2) is 11.3. The van der Waals surface area contributed by atoms with Gasteiger partial charge in [0.05, 0.1) is 16.3 Å². The minimum atomic E-state index is -3.38. The number of rotatable bonds is 8. The van der Waals surface area contributed by atoms with Crippen LogP contribution in [0.15, 0.2) is 81.5 Å². The Hall–Kier alpha value is -3.16. The summed E-state index contributed by atoms with van der Waals surface area (Å²) in [5, 5.41) is 3.03. The van der Waals surface area contributed by atoms with Crippen LogP contribution in [0.5, 0.6) is 0 Å². The van der Waals surface area contributed by atoms with E-state index in [0.717, 1.165) is 34.6 Å².